The van der Waals surface area contributed by atoms with Crippen LogP contribution >= 0.6 is 15.9 Å². The van der Waals surface area contributed by atoms with E-state index in [1.807, 2.05) is 0 Å². The summed E-state index contributed by atoms with van der Waals surface area (Å²) in [6.07, 6.45) is 0.290. The highest BCUT2D eigenvalue weighted by Gasteiger charge is 2.24. The predicted octanol–water partition coefficient (Wildman–Crippen LogP) is 2.51. The molecule has 1 aromatic rings. The van der Waals surface area contributed by atoms with Gasteiger partial charge >= 0.3 is 0 Å². The molecule has 4 heteroatoms. The summed E-state index contributed by atoms with van der Waals surface area (Å²) in [4.78, 5) is 11.4. The Morgan fingerprint density at radius 2 is 2.31 bits per heavy atom. The van der Waals surface area contributed by atoms with Gasteiger partial charge in [0, 0.05) is 6.07 Å². The molecule has 1 aliphatic heterocycles. The quantitative estimate of drug-likeness (QED) is 0.656. The topological polar surface area (TPSA) is 26.3 Å². The van der Waals surface area contributed by atoms with Crippen molar-refractivity contribution in [2.45, 2.75) is 11.4 Å². The molecule has 13 heavy (non-hydrogen) atoms. The molecule has 0 spiro atoms. The number of halogens is 2. The van der Waals surface area contributed by atoms with E-state index in [4.69, 9.17) is 4.74 Å². The molecule has 0 saturated carbocycles. The monoisotopic (exact) mass is 244 g/mol. The summed E-state index contributed by atoms with van der Waals surface area (Å²) in [6, 6.07) is 3.93. The number of ether oxygens (including phenoxy) is 1. The molecule has 2 rings (SSSR count). The highest BCUT2D eigenvalue weighted by atomic mass is 79.9. The zero-order chi connectivity index (χ0) is 9.42. The van der Waals surface area contributed by atoms with Gasteiger partial charge in [0.2, 0.25) is 0 Å². The van der Waals surface area contributed by atoms with Crippen molar-refractivity contribution in [1.82, 2.24) is 0 Å². The Kier molecular flexibility index (Phi) is 2.07. The van der Waals surface area contributed by atoms with E-state index in [0.717, 1.165) is 0 Å². The van der Waals surface area contributed by atoms with Crippen LogP contribution < -0.4 is 4.74 Å². The number of Topliss-reactive ketones (excluding diaryl/α,β-unsaturated/α-hetero) is 1. The maximum absolute atomic E-state index is 12.7. The van der Waals surface area contributed by atoms with Crippen LogP contribution in [0.5, 0.6) is 5.75 Å². The fraction of sp³-hybridized carbons (Fsp3) is 0.222. The summed E-state index contributed by atoms with van der Waals surface area (Å²) in [5.41, 5.74) is 0.456. The van der Waals surface area contributed by atoms with Gasteiger partial charge in [0.05, 0.1) is 12.0 Å². The Labute approximate surface area is 82.8 Å². The van der Waals surface area contributed by atoms with Gasteiger partial charge in [-0.15, -0.1) is 0 Å². The molecule has 0 amide bonds. The summed E-state index contributed by atoms with van der Waals surface area (Å²) < 4.78 is 18.0. The Morgan fingerprint density at radius 3 is 3.08 bits per heavy atom. The molecule has 1 unspecified atom stereocenters. The van der Waals surface area contributed by atoms with E-state index in [1.54, 1.807) is 0 Å². The SMILES string of the molecule is O=C1CC(Br)Oc2cc(F)ccc21. The average molecular weight is 245 g/mol. The Bertz CT molecular complexity index is 365. The highest BCUT2D eigenvalue weighted by molar-refractivity contribution is 9.09. The molecule has 1 heterocycles. The van der Waals surface area contributed by atoms with Crippen LogP contribution in [0.25, 0.3) is 0 Å². The molecule has 1 atom stereocenters. The molecule has 0 saturated heterocycles. The first-order valence-corrected chi connectivity index (χ1v) is 4.72. The van der Waals surface area contributed by atoms with Crippen LogP contribution in [0.2, 0.25) is 0 Å². The first-order chi connectivity index (χ1) is 6.16. The third-order valence-electron chi connectivity index (χ3n) is 1.84. The molecule has 0 bridgehead atoms. The van der Waals surface area contributed by atoms with E-state index >= 15 is 0 Å². The van der Waals surface area contributed by atoms with E-state index < -0.39 is 5.82 Å². The summed E-state index contributed by atoms with van der Waals surface area (Å²) in [7, 11) is 0. The minimum Gasteiger partial charge on any atom is -0.478 e. The number of rotatable bonds is 0. The molecule has 0 radical (unpaired) electrons. The number of ketones is 1. The minimum absolute atomic E-state index is 0.0249. The van der Waals surface area contributed by atoms with Crippen molar-refractivity contribution in [2.24, 2.45) is 0 Å². The largest absolute Gasteiger partial charge is 0.478 e. The molecular weight excluding hydrogens is 239 g/mol. The van der Waals surface area contributed by atoms with Crippen LogP contribution in [0.1, 0.15) is 16.8 Å². The van der Waals surface area contributed by atoms with Crippen LogP contribution in [0, 0.1) is 5.82 Å². The minimum atomic E-state index is -0.395. The van der Waals surface area contributed by atoms with E-state index in [1.165, 1.54) is 18.2 Å². The standard InChI is InChI=1S/C9H6BrFO2/c10-9-4-7(12)6-2-1-5(11)3-8(6)13-9/h1-3,9H,4H2. The first-order valence-electron chi connectivity index (χ1n) is 3.80. The van der Waals surface area contributed by atoms with Gasteiger partial charge in [0.25, 0.3) is 0 Å². The summed E-state index contributed by atoms with van der Waals surface area (Å²) >= 11 is 3.16. The molecule has 0 aromatic heterocycles. The van der Waals surface area contributed by atoms with E-state index in [2.05, 4.69) is 15.9 Å². The van der Waals surface area contributed by atoms with Crippen molar-refractivity contribution in [3.63, 3.8) is 0 Å². The van der Waals surface area contributed by atoms with Gasteiger partial charge < -0.3 is 4.74 Å². The smallest absolute Gasteiger partial charge is 0.171 e. The molecule has 1 aliphatic rings. The summed E-state index contributed by atoms with van der Waals surface area (Å²) in [5.74, 6) is -0.102. The lowest BCUT2D eigenvalue weighted by molar-refractivity contribution is 0.0920. The lowest BCUT2D eigenvalue weighted by Crippen LogP contribution is -2.21. The van der Waals surface area contributed by atoms with Gasteiger partial charge in [-0.05, 0) is 28.1 Å². The number of benzene rings is 1. The maximum Gasteiger partial charge on any atom is 0.171 e. The third kappa shape index (κ3) is 1.58. The first kappa shape index (κ1) is 8.69. The zero-order valence-electron chi connectivity index (χ0n) is 6.59. The van der Waals surface area contributed by atoms with Crippen LogP contribution in [-0.4, -0.2) is 10.8 Å². The second kappa shape index (κ2) is 3.10. The number of carbonyl (C=O) groups is 1. The Hall–Kier alpha value is -0.900. The predicted molar refractivity (Wildman–Crippen MR) is 48.7 cm³/mol. The van der Waals surface area contributed by atoms with E-state index in [0.29, 0.717) is 17.7 Å². The molecule has 0 aliphatic carbocycles. The van der Waals surface area contributed by atoms with Crippen molar-refractivity contribution < 1.29 is 13.9 Å². The Balaban J connectivity index is 2.49. The van der Waals surface area contributed by atoms with Gasteiger partial charge in [-0.25, -0.2) is 4.39 Å². The second-order valence-electron chi connectivity index (χ2n) is 2.80. The lowest BCUT2D eigenvalue weighted by atomic mass is 10.1. The van der Waals surface area contributed by atoms with Gasteiger partial charge in [-0.1, -0.05) is 0 Å². The Morgan fingerprint density at radius 1 is 1.54 bits per heavy atom. The average Bonchev–Trinajstić information content (AvgIpc) is 2.02. The van der Waals surface area contributed by atoms with E-state index in [9.17, 15) is 9.18 Å². The number of hydrogen-bond donors (Lipinski definition) is 0. The third-order valence-corrected chi connectivity index (χ3v) is 2.36. The van der Waals surface area contributed by atoms with Crippen LogP contribution in [0.15, 0.2) is 18.2 Å². The molecule has 1 aromatic carbocycles. The van der Waals surface area contributed by atoms with Crippen molar-refractivity contribution >= 4 is 21.7 Å². The van der Waals surface area contributed by atoms with E-state index in [-0.39, 0.29) is 10.8 Å². The molecule has 2 nitrogen and oxygen atoms in total. The molecule has 0 N–H and O–H groups in total. The van der Waals surface area contributed by atoms with Crippen LogP contribution in [0.4, 0.5) is 4.39 Å². The molecule has 0 fully saturated rings. The number of fused-ring (bicyclic) bond motifs is 1. The van der Waals surface area contributed by atoms with Crippen molar-refractivity contribution in [3.8, 4) is 5.75 Å². The second-order valence-corrected chi connectivity index (χ2v) is 3.82. The van der Waals surface area contributed by atoms with Gasteiger partial charge in [-0.3, -0.25) is 4.79 Å². The molecular formula is C9H6BrFO2. The van der Waals surface area contributed by atoms with Gasteiger partial charge in [0.15, 0.2) is 10.8 Å². The maximum atomic E-state index is 12.7. The van der Waals surface area contributed by atoms with Crippen molar-refractivity contribution in [1.29, 1.82) is 0 Å². The molecule has 68 valence electrons. The number of carbonyl (C=O) groups excluding carboxylic acids is 1. The van der Waals surface area contributed by atoms with Gasteiger partial charge in [-0.2, -0.15) is 0 Å². The zero-order valence-corrected chi connectivity index (χ0v) is 8.17. The fourth-order valence-electron chi connectivity index (χ4n) is 1.26. The fourth-order valence-corrected chi connectivity index (χ4v) is 1.75. The summed E-state index contributed by atoms with van der Waals surface area (Å²) in [5, 5.41) is -0.339. The van der Waals surface area contributed by atoms with Crippen molar-refractivity contribution in [3.05, 3.63) is 29.6 Å². The lowest BCUT2D eigenvalue weighted by Gasteiger charge is -2.20. The van der Waals surface area contributed by atoms with Crippen LogP contribution in [0.3, 0.4) is 0 Å². The number of alkyl halides is 1. The summed E-state index contributed by atoms with van der Waals surface area (Å²) in [6.45, 7) is 0. The van der Waals surface area contributed by atoms with Crippen LogP contribution in [-0.2, 0) is 0 Å². The van der Waals surface area contributed by atoms with Crippen molar-refractivity contribution in [2.75, 3.05) is 0 Å². The normalized spacial score (nSPS) is 20.8. The highest BCUT2D eigenvalue weighted by Crippen LogP contribution is 2.29. The van der Waals surface area contributed by atoms with Gasteiger partial charge in [0.1, 0.15) is 11.6 Å². The number of hydrogen-bond acceptors (Lipinski definition) is 2.